The molecule has 1 saturated carbocycles. The van der Waals surface area contributed by atoms with Crippen molar-refractivity contribution >= 4 is 6.29 Å². The van der Waals surface area contributed by atoms with Gasteiger partial charge in [0.25, 0.3) is 0 Å². The van der Waals surface area contributed by atoms with Gasteiger partial charge in [0.05, 0.1) is 12.5 Å². The van der Waals surface area contributed by atoms with E-state index in [-0.39, 0.29) is 5.41 Å². The van der Waals surface area contributed by atoms with Crippen molar-refractivity contribution in [1.82, 2.24) is 0 Å². The smallest absolute Gasteiger partial charge is 0.130 e. The monoisotopic (exact) mass is 190 g/mol. The van der Waals surface area contributed by atoms with E-state index in [0.29, 0.717) is 0 Å². The summed E-state index contributed by atoms with van der Waals surface area (Å²) in [5, 5.41) is 0. The van der Waals surface area contributed by atoms with Crippen LogP contribution in [0.25, 0.3) is 0 Å². The van der Waals surface area contributed by atoms with E-state index in [1.54, 1.807) is 7.11 Å². The molecule has 1 aromatic carbocycles. The molecule has 1 fully saturated rings. The highest BCUT2D eigenvalue weighted by molar-refractivity contribution is 5.76. The number of carbonyl (C=O) groups is 1. The lowest BCUT2D eigenvalue weighted by molar-refractivity contribution is -0.109. The Morgan fingerprint density at radius 2 is 2.14 bits per heavy atom. The number of benzene rings is 1. The van der Waals surface area contributed by atoms with Gasteiger partial charge >= 0.3 is 0 Å². The number of rotatable bonds is 3. The molecule has 0 atom stereocenters. The van der Waals surface area contributed by atoms with E-state index in [9.17, 15) is 4.79 Å². The Kier molecular flexibility index (Phi) is 2.06. The summed E-state index contributed by atoms with van der Waals surface area (Å²) in [6.45, 7) is 2.03. The van der Waals surface area contributed by atoms with Crippen LogP contribution < -0.4 is 4.74 Å². The molecule has 0 radical (unpaired) electrons. The molecular formula is C12H14O2. The van der Waals surface area contributed by atoms with E-state index in [1.165, 1.54) is 0 Å². The molecule has 0 aromatic heterocycles. The normalized spacial score (nSPS) is 17.6. The fourth-order valence-corrected chi connectivity index (χ4v) is 2.01. The van der Waals surface area contributed by atoms with Crippen molar-refractivity contribution in [2.24, 2.45) is 0 Å². The minimum absolute atomic E-state index is 0.239. The van der Waals surface area contributed by atoms with Crippen LogP contribution in [-0.2, 0) is 10.2 Å². The highest BCUT2D eigenvalue weighted by Gasteiger charge is 2.47. The molecule has 2 rings (SSSR count). The standard InChI is InChI=1S/C12H14O2/c1-9-4-3-5-10(14-2)11(9)12(8-13)6-7-12/h3-5,8H,6-7H2,1-2H3. The molecule has 0 saturated heterocycles. The molecule has 74 valence electrons. The first kappa shape index (κ1) is 9.25. The average Bonchev–Trinajstić information content (AvgIpc) is 2.98. The van der Waals surface area contributed by atoms with E-state index in [2.05, 4.69) is 0 Å². The first-order chi connectivity index (χ1) is 6.73. The maximum Gasteiger partial charge on any atom is 0.130 e. The van der Waals surface area contributed by atoms with Crippen molar-refractivity contribution in [1.29, 1.82) is 0 Å². The zero-order valence-corrected chi connectivity index (χ0v) is 8.54. The van der Waals surface area contributed by atoms with Crippen LogP contribution in [0.5, 0.6) is 5.75 Å². The third-order valence-corrected chi connectivity index (χ3v) is 2.97. The van der Waals surface area contributed by atoms with Gasteiger partial charge in [0, 0.05) is 5.56 Å². The molecule has 0 unspecified atom stereocenters. The molecule has 1 aromatic rings. The lowest BCUT2D eigenvalue weighted by atomic mass is 9.92. The van der Waals surface area contributed by atoms with Gasteiger partial charge in [-0.3, -0.25) is 0 Å². The Balaban J connectivity index is 2.55. The van der Waals surface area contributed by atoms with Crippen LogP contribution in [0.3, 0.4) is 0 Å². The van der Waals surface area contributed by atoms with Gasteiger partial charge in [0.2, 0.25) is 0 Å². The van der Waals surface area contributed by atoms with E-state index < -0.39 is 0 Å². The Morgan fingerprint density at radius 1 is 1.43 bits per heavy atom. The maximum atomic E-state index is 11.1. The van der Waals surface area contributed by atoms with E-state index in [4.69, 9.17) is 4.74 Å². The Bertz CT molecular complexity index is 365. The second kappa shape index (κ2) is 3.12. The van der Waals surface area contributed by atoms with E-state index in [1.807, 2.05) is 25.1 Å². The third kappa shape index (κ3) is 1.22. The van der Waals surface area contributed by atoms with Gasteiger partial charge in [-0.1, -0.05) is 12.1 Å². The lowest BCUT2D eigenvalue weighted by Crippen LogP contribution is -2.11. The summed E-state index contributed by atoms with van der Waals surface area (Å²) in [4.78, 5) is 11.1. The molecular weight excluding hydrogens is 176 g/mol. The Labute approximate surface area is 83.9 Å². The molecule has 1 aliphatic carbocycles. The average molecular weight is 190 g/mol. The predicted molar refractivity (Wildman–Crippen MR) is 54.7 cm³/mol. The number of aldehydes is 1. The van der Waals surface area contributed by atoms with E-state index in [0.717, 1.165) is 36.0 Å². The van der Waals surface area contributed by atoms with Crippen LogP contribution >= 0.6 is 0 Å². The largest absolute Gasteiger partial charge is 0.496 e. The first-order valence-corrected chi connectivity index (χ1v) is 4.84. The second-order valence-corrected chi connectivity index (χ2v) is 3.93. The van der Waals surface area contributed by atoms with Crippen molar-refractivity contribution in [3.63, 3.8) is 0 Å². The fraction of sp³-hybridized carbons (Fsp3) is 0.417. The molecule has 0 heterocycles. The van der Waals surface area contributed by atoms with Crippen molar-refractivity contribution < 1.29 is 9.53 Å². The van der Waals surface area contributed by atoms with Gasteiger partial charge < -0.3 is 9.53 Å². The van der Waals surface area contributed by atoms with Gasteiger partial charge in [-0.25, -0.2) is 0 Å². The lowest BCUT2D eigenvalue weighted by Gasteiger charge is -2.15. The molecule has 0 amide bonds. The number of carbonyl (C=O) groups excluding carboxylic acids is 1. The summed E-state index contributed by atoms with van der Waals surface area (Å²) < 4.78 is 5.30. The molecule has 1 aliphatic rings. The summed E-state index contributed by atoms with van der Waals surface area (Å²) >= 11 is 0. The molecule has 14 heavy (non-hydrogen) atoms. The summed E-state index contributed by atoms with van der Waals surface area (Å²) in [6.07, 6.45) is 2.98. The van der Waals surface area contributed by atoms with Gasteiger partial charge in [-0.05, 0) is 31.4 Å². The van der Waals surface area contributed by atoms with E-state index >= 15 is 0 Å². The zero-order valence-electron chi connectivity index (χ0n) is 8.54. The van der Waals surface area contributed by atoms with Gasteiger partial charge in [-0.15, -0.1) is 0 Å². The van der Waals surface area contributed by atoms with Crippen LogP contribution in [0.2, 0.25) is 0 Å². The Morgan fingerprint density at radius 3 is 2.64 bits per heavy atom. The number of hydrogen-bond donors (Lipinski definition) is 0. The third-order valence-electron chi connectivity index (χ3n) is 2.97. The molecule has 2 nitrogen and oxygen atoms in total. The quantitative estimate of drug-likeness (QED) is 0.683. The Hall–Kier alpha value is -1.31. The van der Waals surface area contributed by atoms with Crippen LogP contribution in [0.15, 0.2) is 18.2 Å². The number of ether oxygens (including phenoxy) is 1. The highest BCUT2D eigenvalue weighted by Crippen LogP contribution is 2.50. The van der Waals surface area contributed by atoms with Gasteiger partial charge in [0.1, 0.15) is 12.0 Å². The maximum absolute atomic E-state index is 11.1. The topological polar surface area (TPSA) is 26.3 Å². The SMILES string of the molecule is COc1cccc(C)c1C1(C=O)CC1. The summed E-state index contributed by atoms with van der Waals surface area (Å²) in [7, 11) is 1.65. The molecule has 0 bridgehead atoms. The first-order valence-electron chi connectivity index (χ1n) is 4.84. The van der Waals surface area contributed by atoms with Crippen LogP contribution in [0.4, 0.5) is 0 Å². The van der Waals surface area contributed by atoms with Crippen molar-refractivity contribution in [2.75, 3.05) is 7.11 Å². The molecule has 2 heteroatoms. The van der Waals surface area contributed by atoms with Crippen molar-refractivity contribution in [3.8, 4) is 5.75 Å². The minimum Gasteiger partial charge on any atom is -0.496 e. The van der Waals surface area contributed by atoms with Crippen LogP contribution in [0.1, 0.15) is 24.0 Å². The number of aryl methyl sites for hydroxylation is 1. The van der Waals surface area contributed by atoms with Gasteiger partial charge in [-0.2, -0.15) is 0 Å². The summed E-state index contributed by atoms with van der Waals surface area (Å²) in [6, 6.07) is 5.91. The summed E-state index contributed by atoms with van der Waals surface area (Å²) in [5.74, 6) is 0.842. The second-order valence-electron chi connectivity index (χ2n) is 3.93. The number of hydrogen-bond acceptors (Lipinski definition) is 2. The van der Waals surface area contributed by atoms with Crippen molar-refractivity contribution in [2.45, 2.75) is 25.2 Å². The zero-order chi connectivity index (χ0) is 10.2. The van der Waals surface area contributed by atoms with Gasteiger partial charge in [0.15, 0.2) is 0 Å². The summed E-state index contributed by atoms with van der Waals surface area (Å²) in [5.41, 5.74) is 1.99. The number of methoxy groups -OCH3 is 1. The molecule has 0 aliphatic heterocycles. The molecule has 0 N–H and O–H groups in total. The predicted octanol–water partition coefficient (Wildman–Crippen LogP) is 2.23. The highest BCUT2D eigenvalue weighted by atomic mass is 16.5. The minimum atomic E-state index is -0.239. The van der Waals surface area contributed by atoms with Crippen LogP contribution in [-0.4, -0.2) is 13.4 Å². The van der Waals surface area contributed by atoms with Crippen LogP contribution in [0, 0.1) is 6.92 Å². The molecule has 0 spiro atoms. The fourth-order valence-electron chi connectivity index (χ4n) is 2.01. The van der Waals surface area contributed by atoms with Crippen molar-refractivity contribution in [3.05, 3.63) is 29.3 Å².